The van der Waals surface area contributed by atoms with Gasteiger partial charge in [0, 0.05) is 12.6 Å². The molecule has 0 heterocycles. The van der Waals surface area contributed by atoms with E-state index in [0.717, 1.165) is 19.0 Å². The molecule has 0 aromatic rings. The zero-order chi connectivity index (χ0) is 11.1. The normalized spacial score (nSPS) is 20.8. The van der Waals surface area contributed by atoms with Gasteiger partial charge in [0.25, 0.3) is 0 Å². The molecular formula is C13H28N2. The topological polar surface area (TPSA) is 29.3 Å². The van der Waals surface area contributed by atoms with Crippen LogP contribution in [0.1, 0.15) is 52.4 Å². The van der Waals surface area contributed by atoms with Gasteiger partial charge in [-0.3, -0.25) is 4.90 Å². The number of nitrogens with zero attached hydrogens (tertiary/aromatic N) is 1. The van der Waals surface area contributed by atoms with Crippen molar-refractivity contribution >= 4 is 0 Å². The average molecular weight is 212 g/mol. The lowest BCUT2D eigenvalue weighted by molar-refractivity contribution is 0.127. The van der Waals surface area contributed by atoms with Crippen LogP contribution in [-0.4, -0.2) is 30.6 Å². The minimum Gasteiger partial charge on any atom is -0.329 e. The lowest BCUT2D eigenvalue weighted by Crippen LogP contribution is -2.46. The molecule has 2 N–H and O–H groups in total. The smallest absolute Gasteiger partial charge is 0.0246 e. The summed E-state index contributed by atoms with van der Waals surface area (Å²) in [4.78, 5) is 2.59. The van der Waals surface area contributed by atoms with E-state index in [1.807, 2.05) is 0 Å². The predicted octanol–water partition coefficient (Wildman–Crippen LogP) is 2.63. The summed E-state index contributed by atoms with van der Waals surface area (Å²) in [6.07, 6.45) is 8.34. The molecule has 0 bridgehead atoms. The van der Waals surface area contributed by atoms with Crippen molar-refractivity contribution in [2.24, 2.45) is 11.7 Å². The SMILES string of the molecule is CCCN(CC)C(CN)C1CCCCC1. The van der Waals surface area contributed by atoms with Crippen LogP contribution in [0.4, 0.5) is 0 Å². The maximum Gasteiger partial charge on any atom is 0.0246 e. The molecule has 0 saturated heterocycles. The third-order valence-electron chi connectivity index (χ3n) is 3.82. The standard InChI is InChI=1S/C13H28N2/c1-3-10-15(4-2)13(11-14)12-8-6-5-7-9-12/h12-13H,3-11,14H2,1-2H3. The molecule has 1 aliphatic rings. The van der Waals surface area contributed by atoms with Gasteiger partial charge in [-0.25, -0.2) is 0 Å². The minimum atomic E-state index is 0.648. The molecule has 15 heavy (non-hydrogen) atoms. The molecule has 1 aliphatic carbocycles. The van der Waals surface area contributed by atoms with Crippen molar-refractivity contribution in [3.8, 4) is 0 Å². The zero-order valence-electron chi connectivity index (χ0n) is 10.5. The third kappa shape index (κ3) is 3.76. The molecule has 0 aromatic heterocycles. The second kappa shape index (κ2) is 7.24. The van der Waals surface area contributed by atoms with Crippen LogP contribution < -0.4 is 5.73 Å². The van der Waals surface area contributed by atoms with E-state index in [1.165, 1.54) is 45.1 Å². The van der Waals surface area contributed by atoms with Gasteiger partial charge in [-0.05, 0) is 38.3 Å². The van der Waals surface area contributed by atoms with Gasteiger partial charge in [0.1, 0.15) is 0 Å². The van der Waals surface area contributed by atoms with E-state index in [-0.39, 0.29) is 0 Å². The summed E-state index contributed by atoms with van der Waals surface area (Å²) in [6, 6.07) is 0.648. The summed E-state index contributed by atoms with van der Waals surface area (Å²) < 4.78 is 0. The minimum absolute atomic E-state index is 0.648. The molecule has 1 atom stereocenters. The largest absolute Gasteiger partial charge is 0.329 e. The molecule has 90 valence electrons. The summed E-state index contributed by atoms with van der Waals surface area (Å²) in [7, 11) is 0. The van der Waals surface area contributed by atoms with Crippen LogP contribution in [0.25, 0.3) is 0 Å². The van der Waals surface area contributed by atoms with Crippen LogP contribution in [0.3, 0.4) is 0 Å². The summed E-state index contributed by atoms with van der Waals surface area (Å²) >= 11 is 0. The van der Waals surface area contributed by atoms with Crippen molar-refractivity contribution in [2.45, 2.75) is 58.4 Å². The molecule has 1 rings (SSSR count). The zero-order valence-corrected chi connectivity index (χ0v) is 10.5. The monoisotopic (exact) mass is 212 g/mol. The summed E-state index contributed by atoms with van der Waals surface area (Å²) in [5.74, 6) is 0.871. The fourth-order valence-corrected chi connectivity index (χ4v) is 3.00. The molecule has 1 saturated carbocycles. The Balaban J connectivity index is 2.50. The van der Waals surface area contributed by atoms with Crippen LogP contribution >= 0.6 is 0 Å². The number of rotatable bonds is 6. The first kappa shape index (κ1) is 13.0. The summed E-state index contributed by atoms with van der Waals surface area (Å²) in [6.45, 7) is 7.75. The fourth-order valence-electron chi connectivity index (χ4n) is 3.00. The Hall–Kier alpha value is -0.0800. The van der Waals surface area contributed by atoms with E-state index >= 15 is 0 Å². The van der Waals surface area contributed by atoms with Gasteiger partial charge in [-0.1, -0.05) is 33.1 Å². The first-order valence-electron chi connectivity index (χ1n) is 6.77. The average Bonchev–Trinajstić information content (AvgIpc) is 2.30. The molecule has 0 aromatic carbocycles. The lowest BCUT2D eigenvalue weighted by atomic mass is 9.83. The Kier molecular flexibility index (Phi) is 6.26. The van der Waals surface area contributed by atoms with E-state index < -0.39 is 0 Å². The van der Waals surface area contributed by atoms with Gasteiger partial charge >= 0.3 is 0 Å². The predicted molar refractivity (Wildman–Crippen MR) is 67.0 cm³/mol. The molecule has 0 aliphatic heterocycles. The third-order valence-corrected chi connectivity index (χ3v) is 3.82. The van der Waals surface area contributed by atoms with Crippen molar-refractivity contribution < 1.29 is 0 Å². The second-order valence-electron chi connectivity index (χ2n) is 4.83. The Labute approximate surface area is 95.2 Å². The van der Waals surface area contributed by atoms with Crippen LogP contribution in [-0.2, 0) is 0 Å². The van der Waals surface area contributed by atoms with Gasteiger partial charge in [0.2, 0.25) is 0 Å². The maximum atomic E-state index is 5.97. The summed E-state index contributed by atoms with van der Waals surface area (Å²) in [5.41, 5.74) is 5.97. The van der Waals surface area contributed by atoms with E-state index in [9.17, 15) is 0 Å². The van der Waals surface area contributed by atoms with Crippen molar-refractivity contribution in [1.29, 1.82) is 0 Å². The molecular weight excluding hydrogens is 184 g/mol. The quantitative estimate of drug-likeness (QED) is 0.733. The highest BCUT2D eigenvalue weighted by Crippen LogP contribution is 2.28. The second-order valence-corrected chi connectivity index (χ2v) is 4.83. The van der Waals surface area contributed by atoms with Crippen molar-refractivity contribution in [2.75, 3.05) is 19.6 Å². The van der Waals surface area contributed by atoms with Crippen LogP contribution in [0.5, 0.6) is 0 Å². The Morgan fingerprint density at radius 1 is 1.20 bits per heavy atom. The molecule has 0 amide bonds. The Morgan fingerprint density at radius 2 is 1.87 bits per heavy atom. The first-order valence-corrected chi connectivity index (χ1v) is 6.77. The lowest BCUT2D eigenvalue weighted by Gasteiger charge is -2.37. The van der Waals surface area contributed by atoms with E-state index in [4.69, 9.17) is 5.73 Å². The maximum absolute atomic E-state index is 5.97. The Morgan fingerprint density at radius 3 is 2.33 bits per heavy atom. The highest BCUT2D eigenvalue weighted by atomic mass is 15.2. The highest BCUT2D eigenvalue weighted by molar-refractivity contribution is 4.82. The van der Waals surface area contributed by atoms with Gasteiger partial charge in [0.15, 0.2) is 0 Å². The van der Waals surface area contributed by atoms with E-state index in [1.54, 1.807) is 0 Å². The van der Waals surface area contributed by atoms with Crippen molar-refractivity contribution in [3.05, 3.63) is 0 Å². The molecule has 0 spiro atoms. The van der Waals surface area contributed by atoms with Crippen molar-refractivity contribution in [3.63, 3.8) is 0 Å². The van der Waals surface area contributed by atoms with E-state index in [2.05, 4.69) is 18.7 Å². The number of hydrogen-bond acceptors (Lipinski definition) is 2. The first-order chi connectivity index (χ1) is 7.33. The number of likely N-dealkylation sites (N-methyl/N-ethyl adjacent to an activating group) is 1. The molecule has 1 fully saturated rings. The number of hydrogen-bond donors (Lipinski definition) is 1. The van der Waals surface area contributed by atoms with Crippen LogP contribution in [0.15, 0.2) is 0 Å². The van der Waals surface area contributed by atoms with Crippen LogP contribution in [0, 0.1) is 5.92 Å². The van der Waals surface area contributed by atoms with E-state index in [0.29, 0.717) is 6.04 Å². The highest BCUT2D eigenvalue weighted by Gasteiger charge is 2.26. The van der Waals surface area contributed by atoms with Gasteiger partial charge in [-0.2, -0.15) is 0 Å². The number of nitrogens with two attached hydrogens (primary N) is 1. The summed E-state index contributed by atoms with van der Waals surface area (Å²) in [5, 5.41) is 0. The molecule has 0 radical (unpaired) electrons. The van der Waals surface area contributed by atoms with Crippen LogP contribution in [0.2, 0.25) is 0 Å². The Bertz CT molecular complexity index is 148. The fraction of sp³-hybridized carbons (Fsp3) is 1.00. The molecule has 1 unspecified atom stereocenters. The molecule has 2 nitrogen and oxygen atoms in total. The van der Waals surface area contributed by atoms with Gasteiger partial charge < -0.3 is 5.73 Å². The molecule has 2 heteroatoms. The van der Waals surface area contributed by atoms with Gasteiger partial charge in [-0.15, -0.1) is 0 Å². The van der Waals surface area contributed by atoms with Gasteiger partial charge in [0.05, 0.1) is 0 Å². The van der Waals surface area contributed by atoms with Crippen molar-refractivity contribution in [1.82, 2.24) is 4.90 Å².